The first-order valence-electron chi connectivity index (χ1n) is 5.88. The predicted octanol–water partition coefficient (Wildman–Crippen LogP) is 1.74. The average Bonchev–Trinajstić information content (AvgIpc) is 2.76. The number of ether oxygens (including phenoxy) is 2. The number of allylic oxidation sites excluding steroid dienone is 1. The highest BCUT2D eigenvalue weighted by Crippen LogP contribution is 2.14. The minimum Gasteiger partial charge on any atom is -0.377 e. The number of hydrogen-bond acceptors (Lipinski definition) is 3. The largest absolute Gasteiger partial charge is 0.377 e. The van der Waals surface area contributed by atoms with Gasteiger partial charge in [0.15, 0.2) is 0 Å². The Kier molecular flexibility index (Phi) is 6.64. The van der Waals surface area contributed by atoms with Gasteiger partial charge in [-0.25, -0.2) is 0 Å². The third-order valence-electron chi connectivity index (χ3n) is 2.69. The molecule has 0 bridgehead atoms. The van der Waals surface area contributed by atoms with Crippen molar-refractivity contribution < 1.29 is 9.47 Å². The van der Waals surface area contributed by atoms with Crippen molar-refractivity contribution in [1.82, 2.24) is 5.32 Å². The second-order valence-electron chi connectivity index (χ2n) is 3.94. The van der Waals surface area contributed by atoms with Crippen molar-refractivity contribution in [1.29, 1.82) is 0 Å². The fourth-order valence-corrected chi connectivity index (χ4v) is 1.73. The first-order chi connectivity index (χ1) is 7.34. The van der Waals surface area contributed by atoms with E-state index in [1.165, 1.54) is 12.8 Å². The highest BCUT2D eigenvalue weighted by atomic mass is 16.5. The summed E-state index contributed by atoms with van der Waals surface area (Å²) in [6.45, 7) is 7.49. The van der Waals surface area contributed by atoms with E-state index < -0.39 is 0 Å². The number of rotatable bonds is 7. The fourth-order valence-electron chi connectivity index (χ4n) is 1.73. The molecule has 1 rings (SSSR count). The van der Waals surface area contributed by atoms with Crippen LogP contribution in [0.25, 0.3) is 0 Å². The van der Waals surface area contributed by atoms with Crippen LogP contribution in [0.2, 0.25) is 0 Å². The van der Waals surface area contributed by atoms with Crippen LogP contribution in [0.15, 0.2) is 12.2 Å². The third-order valence-corrected chi connectivity index (χ3v) is 2.69. The first-order valence-corrected chi connectivity index (χ1v) is 5.88. The lowest BCUT2D eigenvalue weighted by molar-refractivity contribution is 0.0790. The molecule has 1 aliphatic heterocycles. The highest BCUT2D eigenvalue weighted by molar-refractivity contribution is 4.77. The quantitative estimate of drug-likeness (QED) is 0.516. The van der Waals surface area contributed by atoms with E-state index in [0.29, 0.717) is 18.8 Å². The molecule has 0 aliphatic carbocycles. The van der Waals surface area contributed by atoms with E-state index in [9.17, 15) is 0 Å². The minimum atomic E-state index is 0.403. The van der Waals surface area contributed by atoms with Crippen molar-refractivity contribution in [2.75, 3.05) is 26.4 Å². The zero-order valence-electron chi connectivity index (χ0n) is 9.87. The molecule has 1 saturated heterocycles. The molecule has 3 heteroatoms. The lowest BCUT2D eigenvalue weighted by Crippen LogP contribution is -2.38. The lowest BCUT2D eigenvalue weighted by atomic mass is 10.1. The SMILES string of the molecule is CC=CCOCCNC(C)C1CCCO1. The second kappa shape index (κ2) is 7.85. The molecule has 3 nitrogen and oxygen atoms in total. The summed E-state index contributed by atoms with van der Waals surface area (Å²) >= 11 is 0. The summed E-state index contributed by atoms with van der Waals surface area (Å²) in [5, 5.41) is 3.43. The molecule has 1 N–H and O–H groups in total. The molecule has 88 valence electrons. The van der Waals surface area contributed by atoms with Gasteiger partial charge >= 0.3 is 0 Å². The Balaban J connectivity index is 1.94. The molecule has 2 atom stereocenters. The maximum Gasteiger partial charge on any atom is 0.0726 e. The van der Waals surface area contributed by atoms with E-state index in [4.69, 9.17) is 9.47 Å². The molecule has 2 unspecified atom stereocenters. The van der Waals surface area contributed by atoms with Gasteiger partial charge in [0.25, 0.3) is 0 Å². The molecule has 1 aliphatic rings. The van der Waals surface area contributed by atoms with Gasteiger partial charge in [-0.3, -0.25) is 0 Å². The van der Waals surface area contributed by atoms with Gasteiger partial charge in [-0.15, -0.1) is 0 Å². The Morgan fingerprint density at radius 3 is 3.13 bits per heavy atom. The van der Waals surface area contributed by atoms with E-state index in [1.807, 2.05) is 19.1 Å². The molecule has 0 spiro atoms. The van der Waals surface area contributed by atoms with Gasteiger partial charge in [0.05, 0.1) is 19.3 Å². The fraction of sp³-hybridized carbons (Fsp3) is 0.833. The van der Waals surface area contributed by atoms with Gasteiger partial charge in [-0.05, 0) is 26.7 Å². The molecule has 0 aromatic heterocycles. The second-order valence-corrected chi connectivity index (χ2v) is 3.94. The highest BCUT2D eigenvalue weighted by Gasteiger charge is 2.21. The molecule has 15 heavy (non-hydrogen) atoms. The Morgan fingerprint density at radius 2 is 2.47 bits per heavy atom. The van der Waals surface area contributed by atoms with Crippen molar-refractivity contribution in [3.8, 4) is 0 Å². The average molecular weight is 213 g/mol. The standard InChI is InChI=1S/C12H23NO2/c1-3-4-8-14-10-7-13-11(2)12-6-5-9-15-12/h3-4,11-13H,5-10H2,1-2H3. The van der Waals surface area contributed by atoms with E-state index in [-0.39, 0.29) is 0 Å². The maximum atomic E-state index is 5.60. The Morgan fingerprint density at radius 1 is 1.60 bits per heavy atom. The maximum absolute atomic E-state index is 5.60. The van der Waals surface area contributed by atoms with Gasteiger partial charge in [0.1, 0.15) is 0 Å². The van der Waals surface area contributed by atoms with Crippen LogP contribution in [0.1, 0.15) is 26.7 Å². The Hall–Kier alpha value is -0.380. The molecular formula is C12H23NO2. The first kappa shape index (κ1) is 12.7. The van der Waals surface area contributed by atoms with Crippen LogP contribution in [0.3, 0.4) is 0 Å². The van der Waals surface area contributed by atoms with Gasteiger partial charge in [0, 0.05) is 19.2 Å². The lowest BCUT2D eigenvalue weighted by Gasteiger charge is -2.19. The van der Waals surface area contributed by atoms with Gasteiger partial charge in [-0.2, -0.15) is 0 Å². The van der Waals surface area contributed by atoms with Crippen LogP contribution < -0.4 is 5.32 Å². The van der Waals surface area contributed by atoms with Crippen molar-refractivity contribution in [2.45, 2.75) is 38.8 Å². The van der Waals surface area contributed by atoms with Crippen LogP contribution in [-0.2, 0) is 9.47 Å². The van der Waals surface area contributed by atoms with Gasteiger partial charge in [-0.1, -0.05) is 12.2 Å². The normalized spacial score (nSPS) is 23.7. The van der Waals surface area contributed by atoms with Crippen LogP contribution >= 0.6 is 0 Å². The summed E-state index contributed by atoms with van der Waals surface area (Å²) in [7, 11) is 0. The third kappa shape index (κ3) is 5.30. The summed E-state index contributed by atoms with van der Waals surface area (Å²) < 4.78 is 11.0. The van der Waals surface area contributed by atoms with Crippen molar-refractivity contribution >= 4 is 0 Å². The minimum absolute atomic E-state index is 0.403. The van der Waals surface area contributed by atoms with E-state index >= 15 is 0 Å². The van der Waals surface area contributed by atoms with Crippen LogP contribution in [-0.4, -0.2) is 38.5 Å². The zero-order chi connectivity index (χ0) is 10.9. The van der Waals surface area contributed by atoms with Crippen LogP contribution in [0.5, 0.6) is 0 Å². The van der Waals surface area contributed by atoms with Crippen molar-refractivity contribution in [3.63, 3.8) is 0 Å². The summed E-state index contributed by atoms with van der Waals surface area (Å²) in [6.07, 6.45) is 6.81. The van der Waals surface area contributed by atoms with Gasteiger partial charge in [0.2, 0.25) is 0 Å². The molecule has 1 heterocycles. The monoisotopic (exact) mass is 213 g/mol. The topological polar surface area (TPSA) is 30.5 Å². The molecular weight excluding hydrogens is 190 g/mol. The molecule has 0 aromatic rings. The van der Waals surface area contributed by atoms with Crippen molar-refractivity contribution in [2.24, 2.45) is 0 Å². The van der Waals surface area contributed by atoms with E-state index in [2.05, 4.69) is 12.2 Å². The predicted molar refractivity (Wildman–Crippen MR) is 62.1 cm³/mol. The zero-order valence-corrected chi connectivity index (χ0v) is 9.87. The molecule has 1 fully saturated rings. The molecule has 0 amide bonds. The molecule has 0 radical (unpaired) electrons. The smallest absolute Gasteiger partial charge is 0.0726 e. The Bertz CT molecular complexity index is 176. The Labute approximate surface area is 92.8 Å². The van der Waals surface area contributed by atoms with Crippen molar-refractivity contribution in [3.05, 3.63) is 12.2 Å². The number of nitrogens with one attached hydrogen (secondary N) is 1. The van der Waals surface area contributed by atoms with Crippen LogP contribution in [0.4, 0.5) is 0 Å². The summed E-state index contributed by atoms with van der Waals surface area (Å²) in [6, 6.07) is 0.442. The van der Waals surface area contributed by atoms with Crippen LogP contribution in [0, 0.1) is 0 Å². The van der Waals surface area contributed by atoms with E-state index in [1.54, 1.807) is 0 Å². The summed E-state index contributed by atoms with van der Waals surface area (Å²) in [5.41, 5.74) is 0. The molecule has 0 saturated carbocycles. The summed E-state index contributed by atoms with van der Waals surface area (Å²) in [4.78, 5) is 0. The summed E-state index contributed by atoms with van der Waals surface area (Å²) in [5.74, 6) is 0. The number of hydrogen-bond donors (Lipinski definition) is 1. The van der Waals surface area contributed by atoms with E-state index in [0.717, 1.165) is 19.8 Å². The van der Waals surface area contributed by atoms with Gasteiger partial charge < -0.3 is 14.8 Å². The molecule has 0 aromatic carbocycles.